The first kappa shape index (κ1) is 27.8. The van der Waals surface area contributed by atoms with Crippen LogP contribution >= 0.6 is 0 Å². The van der Waals surface area contributed by atoms with Gasteiger partial charge in [-0.3, -0.25) is 0 Å². The molecule has 2 heteroatoms. The van der Waals surface area contributed by atoms with Crippen molar-refractivity contribution in [3.63, 3.8) is 0 Å². The van der Waals surface area contributed by atoms with Crippen molar-refractivity contribution in [2.45, 2.75) is 141 Å². The average molecular weight is 523 g/mol. The summed E-state index contributed by atoms with van der Waals surface area (Å²) in [6.45, 7) is 1.79. The summed E-state index contributed by atoms with van der Waals surface area (Å²) in [5.41, 5.74) is 13.7. The molecule has 6 aliphatic rings. The number of unbranched alkanes of at least 4 members (excludes halogenated alkanes) is 1. The first-order chi connectivity index (χ1) is 18.7. The minimum absolute atomic E-state index is 0.598. The van der Waals surface area contributed by atoms with Gasteiger partial charge in [-0.2, -0.15) is 0 Å². The summed E-state index contributed by atoms with van der Waals surface area (Å²) >= 11 is 0. The van der Waals surface area contributed by atoms with Gasteiger partial charge in [0.15, 0.2) is 0 Å². The third-order valence-corrected chi connectivity index (χ3v) is 14.2. The first-order valence-electron chi connectivity index (χ1n) is 17.8. The molecule has 0 aromatic heterocycles. The highest BCUT2D eigenvalue weighted by Crippen LogP contribution is 2.68. The van der Waals surface area contributed by atoms with Crippen molar-refractivity contribution < 1.29 is 0 Å². The Hall–Kier alpha value is -0.340. The van der Waals surface area contributed by atoms with Crippen LogP contribution in [0, 0.1) is 58.2 Å². The van der Waals surface area contributed by atoms with Gasteiger partial charge >= 0.3 is 0 Å². The molecule has 0 aliphatic heterocycles. The van der Waals surface area contributed by atoms with Crippen molar-refractivity contribution in [2.75, 3.05) is 13.1 Å². The molecule has 0 aromatic rings. The summed E-state index contributed by atoms with van der Waals surface area (Å²) in [6.07, 6.45) is 37.6. The van der Waals surface area contributed by atoms with E-state index in [1.807, 2.05) is 0 Å². The normalized spacial score (nSPS) is 45.8. The Balaban J connectivity index is 1.20. The first-order valence-corrected chi connectivity index (χ1v) is 17.8. The number of nitrogens with two attached hydrogens (primary N) is 2. The van der Waals surface area contributed by atoms with Crippen molar-refractivity contribution in [1.82, 2.24) is 0 Å². The van der Waals surface area contributed by atoms with Crippen LogP contribution in [-0.2, 0) is 0 Å². The molecule has 2 nitrogen and oxygen atoms in total. The molecule has 5 saturated carbocycles. The number of hydrogen-bond donors (Lipinski definition) is 2. The average Bonchev–Trinajstić information content (AvgIpc) is 3.42. The van der Waals surface area contributed by atoms with Crippen molar-refractivity contribution in [3.8, 4) is 0 Å². The molecule has 0 bridgehead atoms. The third kappa shape index (κ3) is 4.78. The van der Waals surface area contributed by atoms with Crippen LogP contribution in [0.1, 0.15) is 141 Å². The topological polar surface area (TPSA) is 52.0 Å². The number of allylic oxidation sites excluding steroid dienone is 2. The van der Waals surface area contributed by atoms with Crippen LogP contribution in [0.25, 0.3) is 0 Å². The predicted octanol–water partition coefficient (Wildman–Crippen LogP) is 9.03. The highest BCUT2D eigenvalue weighted by atomic mass is 14.7. The van der Waals surface area contributed by atoms with Gasteiger partial charge in [0.2, 0.25) is 0 Å². The van der Waals surface area contributed by atoms with Gasteiger partial charge in [0.05, 0.1) is 0 Å². The summed E-state index contributed by atoms with van der Waals surface area (Å²) in [6, 6.07) is 0. The van der Waals surface area contributed by atoms with E-state index in [0.29, 0.717) is 10.8 Å². The van der Waals surface area contributed by atoms with Gasteiger partial charge in [0, 0.05) is 0 Å². The second-order valence-corrected chi connectivity index (χ2v) is 15.3. The molecular formula is C36H62N2. The Kier molecular flexibility index (Phi) is 8.97. The van der Waals surface area contributed by atoms with Gasteiger partial charge < -0.3 is 11.5 Å². The highest BCUT2D eigenvalue weighted by Gasteiger charge is 2.60. The van der Waals surface area contributed by atoms with Crippen molar-refractivity contribution in [3.05, 3.63) is 12.2 Å². The van der Waals surface area contributed by atoms with Crippen LogP contribution in [0.4, 0.5) is 0 Å². The smallest absolute Gasteiger partial charge is 0.00771 e. The molecular weight excluding hydrogens is 460 g/mol. The molecule has 9 atom stereocenters. The van der Waals surface area contributed by atoms with Crippen molar-refractivity contribution in [2.24, 2.45) is 69.6 Å². The molecule has 6 aliphatic carbocycles. The molecule has 6 rings (SSSR count). The molecule has 0 heterocycles. The fraction of sp³-hybridized carbons (Fsp3) is 0.944. The van der Waals surface area contributed by atoms with E-state index in [4.69, 9.17) is 11.5 Å². The summed E-state index contributed by atoms with van der Waals surface area (Å²) in [5, 5.41) is 0. The molecule has 38 heavy (non-hydrogen) atoms. The number of fused-ring (bicyclic) bond motifs is 6. The quantitative estimate of drug-likeness (QED) is 0.210. The van der Waals surface area contributed by atoms with Gasteiger partial charge in [-0.05, 0) is 161 Å². The summed E-state index contributed by atoms with van der Waals surface area (Å²) in [5.74, 6) is 8.16. The third-order valence-electron chi connectivity index (χ3n) is 14.2. The maximum absolute atomic E-state index is 6.21. The van der Waals surface area contributed by atoms with E-state index in [2.05, 4.69) is 12.2 Å². The molecule has 216 valence electrons. The van der Waals surface area contributed by atoms with Gasteiger partial charge in [0.1, 0.15) is 0 Å². The van der Waals surface area contributed by atoms with Crippen LogP contribution in [-0.4, -0.2) is 13.1 Å². The minimum Gasteiger partial charge on any atom is -0.330 e. The molecule has 4 N–H and O–H groups in total. The summed E-state index contributed by atoms with van der Waals surface area (Å²) in [7, 11) is 0. The fourth-order valence-electron chi connectivity index (χ4n) is 13.2. The molecule has 0 aromatic carbocycles. The molecule has 0 spiro atoms. The van der Waals surface area contributed by atoms with E-state index < -0.39 is 0 Å². The second-order valence-electron chi connectivity index (χ2n) is 15.3. The fourth-order valence-corrected chi connectivity index (χ4v) is 13.2. The van der Waals surface area contributed by atoms with Gasteiger partial charge in [-0.25, -0.2) is 0 Å². The Bertz CT molecular complexity index is 766. The lowest BCUT2D eigenvalue weighted by Gasteiger charge is -2.46. The largest absolute Gasteiger partial charge is 0.330 e. The summed E-state index contributed by atoms with van der Waals surface area (Å²) < 4.78 is 0. The van der Waals surface area contributed by atoms with E-state index in [0.717, 1.165) is 60.4 Å². The van der Waals surface area contributed by atoms with Gasteiger partial charge in [0.25, 0.3) is 0 Å². The SMILES string of the molecule is NCCCC1(CCCCC2(CCCN)C3CCCCC3C3CCCCC32)C2CC=CCC2C2CCCCC21. The Morgan fingerprint density at radius 1 is 0.447 bits per heavy atom. The van der Waals surface area contributed by atoms with E-state index in [1.54, 1.807) is 25.7 Å². The molecule has 0 saturated heterocycles. The lowest BCUT2D eigenvalue weighted by atomic mass is 9.59. The van der Waals surface area contributed by atoms with E-state index >= 15 is 0 Å². The lowest BCUT2D eigenvalue weighted by molar-refractivity contribution is 0.0419. The number of hydrogen-bond acceptors (Lipinski definition) is 2. The zero-order valence-corrected chi connectivity index (χ0v) is 24.9. The molecule has 9 unspecified atom stereocenters. The summed E-state index contributed by atoms with van der Waals surface area (Å²) in [4.78, 5) is 0. The second kappa shape index (κ2) is 12.3. The monoisotopic (exact) mass is 522 g/mol. The molecule has 0 amide bonds. The number of rotatable bonds is 11. The van der Waals surface area contributed by atoms with E-state index in [9.17, 15) is 0 Å². The van der Waals surface area contributed by atoms with E-state index in [1.165, 1.54) is 116 Å². The Morgan fingerprint density at radius 3 is 1.34 bits per heavy atom. The van der Waals surface area contributed by atoms with Crippen molar-refractivity contribution in [1.29, 1.82) is 0 Å². The zero-order valence-electron chi connectivity index (χ0n) is 24.9. The predicted molar refractivity (Wildman–Crippen MR) is 162 cm³/mol. The van der Waals surface area contributed by atoms with Crippen LogP contribution in [0.3, 0.4) is 0 Å². The van der Waals surface area contributed by atoms with E-state index in [-0.39, 0.29) is 0 Å². The van der Waals surface area contributed by atoms with Crippen LogP contribution in [0.15, 0.2) is 12.2 Å². The lowest BCUT2D eigenvalue weighted by Crippen LogP contribution is -2.37. The molecule has 5 fully saturated rings. The van der Waals surface area contributed by atoms with Crippen LogP contribution in [0.5, 0.6) is 0 Å². The Morgan fingerprint density at radius 2 is 0.842 bits per heavy atom. The van der Waals surface area contributed by atoms with Crippen LogP contribution in [0.2, 0.25) is 0 Å². The standard InChI is InChI=1S/C36H62N2/c37-25-11-23-35(31-17-5-1-13-27(31)28-14-2-6-18-32(28)35)21-9-10-22-36(24-12-26-38)33-19-7-3-15-29(33)30-16-4-8-20-34(30)36/h1,5,27-34H,2-4,6-26,37-38H2. The maximum atomic E-state index is 6.21. The van der Waals surface area contributed by atoms with Gasteiger partial charge in [-0.1, -0.05) is 63.5 Å². The van der Waals surface area contributed by atoms with Crippen LogP contribution < -0.4 is 11.5 Å². The highest BCUT2D eigenvalue weighted by molar-refractivity contribution is 5.13. The van der Waals surface area contributed by atoms with Crippen molar-refractivity contribution >= 4 is 0 Å². The Labute approximate surface area is 235 Å². The maximum Gasteiger partial charge on any atom is -0.00771 e. The minimum atomic E-state index is 0.598. The zero-order chi connectivity index (χ0) is 26.0. The molecule has 0 radical (unpaired) electrons. The van der Waals surface area contributed by atoms with Gasteiger partial charge in [-0.15, -0.1) is 0 Å².